The number of anilines is 1. The number of benzene rings is 1. The van der Waals surface area contributed by atoms with Crippen LogP contribution in [0.1, 0.15) is 10.5 Å². The Labute approximate surface area is 106 Å². The third kappa shape index (κ3) is 2.47. The molecule has 5 nitrogen and oxygen atoms in total. The molecule has 0 unspecified atom stereocenters. The second-order valence-electron chi connectivity index (χ2n) is 3.58. The lowest BCUT2D eigenvalue weighted by molar-refractivity contribution is 0.0954. The molecule has 0 aliphatic rings. The Morgan fingerprint density at radius 1 is 1.59 bits per heavy atom. The summed E-state index contributed by atoms with van der Waals surface area (Å²) in [6.45, 7) is 4.00. The van der Waals surface area contributed by atoms with Crippen molar-refractivity contribution in [1.82, 2.24) is 15.5 Å². The fourth-order valence-electron chi connectivity index (χ4n) is 1.46. The van der Waals surface area contributed by atoms with Gasteiger partial charge in [0.15, 0.2) is 5.69 Å². The highest BCUT2D eigenvalue weighted by Gasteiger charge is 2.13. The highest BCUT2D eigenvalue weighted by atomic mass is 79.9. The van der Waals surface area contributed by atoms with Crippen LogP contribution in [0.25, 0.3) is 10.9 Å². The van der Waals surface area contributed by atoms with Gasteiger partial charge >= 0.3 is 0 Å². The molecule has 1 aromatic heterocycles. The number of aromatic nitrogens is 2. The van der Waals surface area contributed by atoms with Gasteiger partial charge in [0.1, 0.15) is 0 Å². The molecule has 2 aromatic rings. The summed E-state index contributed by atoms with van der Waals surface area (Å²) in [5.41, 5.74) is 7.39. The molecule has 0 saturated carbocycles. The predicted octanol–water partition coefficient (Wildman–Crippen LogP) is 1.78. The van der Waals surface area contributed by atoms with E-state index in [0.717, 1.165) is 5.52 Å². The van der Waals surface area contributed by atoms with Gasteiger partial charge in [0.25, 0.3) is 5.91 Å². The smallest absolute Gasteiger partial charge is 0.272 e. The second-order valence-corrected chi connectivity index (χ2v) is 4.70. The van der Waals surface area contributed by atoms with Crippen LogP contribution in [0.4, 0.5) is 5.69 Å². The van der Waals surface area contributed by atoms with Crippen LogP contribution in [0, 0.1) is 0 Å². The molecular formula is C11H11BrN4O. The lowest BCUT2D eigenvalue weighted by Crippen LogP contribution is -2.24. The summed E-state index contributed by atoms with van der Waals surface area (Å²) in [4.78, 5) is 11.8. The van der Waals surface area contributed by atoms with Crippen LogP contribution in [-0.4, -0.2) is 22.6 Å². The Morgan fingerprint density at radius 2 is 2.35 bits per heavy atom. The molecule has 1 amide bonds. The third-order valence-electron chi connectivity index (χ3n) is 2.24. The zero-order chi connectivity index (χ0) is 12.4. The molecule has 0 aliphatic heterocycles. The minimum atomic E-state index is -0.262. The topological polar surface area (TPSA) is 83.8 Å². The monoisotopic (exact) mass is 294 g/mol. The van der Waals surface area contributed by atoms with Gasteiger partial charge in [-0.3, -0.25) is 9.89 Å². The third-order valence-corrected chi connectivity index (χ3v) is 2.52. The van der Waals surface area contributed by atoms with E-state index in [4.69, 9.17) is 5.73 Å². The molecule has 0 bridgehead atoms. The summed E-state index contributed by atoms with van der Waals surface area (Å²) in [5.74, 6) is -0.262. The first-order chi connectivity index (χ1) is 8.08. The molecule has 0 aliphatic carbocycles. The van der Waals surface area contributed by atoms with Gasteiger partial charge in [-0.15, -0.1) is 0 Å². The maximum atomic E-state index is 11.8. The number of nitrogens with zero attached hydrogens (tertiary/aromatic N) is 1. The summed E-state index contributed by atoms with van der Waals surface area (Å²) >= 11 is 3.17. The lowest BCUT2D eigenvalue weighted by atomic mass is 10.2. The van der Waals surface area contributed by atoms with Gasteiger partial charge in [0.05, 0.1) is 5.52 Å². The summed E-state index contributed by atoms with van der Waals surface area (Å²) in [7, 11) is 0. The van der Waals surface area contributed by atoms with Crippen molar-refractivity contribution in [2.45, 2.75) is 0 Å². The minimum Gasteiger partial charge on any atom is -0.399 e. The molecule has 1 heterocycles. The van der Waals surface area contributed by atoms with Crippen molar-refractivity contribution >= 4 is 38.4 Å². The van der Waals surface area contributed by atoms with Crippen LogP contribution in [0.5, 0.6) is 0 Å². The zero-order valence-corrected chi connectivity index (χ0v) is 10.5. The summed E-state index contributed by atoms with van der Waals surface area (Å²) < 4.78 is 0.699. The largest absolute Gasteiger partial charge is 0.399 e. The molecule has 0 saturated heterocycles. The molecule has 4 N–H and O–H groups in total. The SMILES string of the molecule is C=C(Br)CNC(=O)c1n[nH]c2ccc(N)cc12. The highest BCUT2D eigenvalue weighted by molar-refractivity contribution is 9.11. The van der Waals surface area contributed by atoms with Crippen molar-refractivity contribution < 1.29 is 4.79 Å². The number of fused-ring (bicyclic) bond motifs is 1. The number of carbonyl (C=O) groups excluding carboxylic acids is 1. The van der Waals surface area contributed by atoms with Crippen molar-refractivity contribution in [1.29, 1.82) is 0 Å². The summed E-state index contributed by atoms with van der Waals surface area (Å²) in [6.07, 6.45) is 0. The number of rotatable bonds is 3. The van der Waals surface area contributed by atoms with Gasteiger partial charge in [-0.2, -0.15) is 5.10 Å². The minimum absolute atomic E-state index is 0.262. The average Bonchev–Trinajstić information content (AvgIpc) is 2.68. The van der Waals surface area contributed by atoms with Crippen LogP contribution < -0.4 is 11.1 Å². The molecular weight excluding hydrogens is 284 g/mol. The predicted molar refractivity (Wildman–Crippen MR) is 70.9 cm³/mol. The Hall–Kier alpha value is -1.82. The van der Waals surface area contributed by atoms with E-state index < -0.39 is 0 Å². The molecule has 0 atom stereocenters. The van der Waals surface area contributed by atoms with Gasteiger partial charge in [-0.1, -0.05) is 22.5 Å². The Kier molecular flexibility index (Phi) is 3.14. The summed E-state index contributed by atoms with van der Waals surface area (Å²) in [6, 6.07) is 5.26. The molecule has 2 rings (SSSR count). The number of hydrogen-bond donors (Lipinski definition) is 3. The van der Waals surface area contributed by atoms with E-state index in [-0.39, 0.29) is 5.91 Å². The van der Waals surface area contributed by atoms with E-state index in [9.17, 15) is 4.79 Å². The van der Waals surface area contributed by atoms with Crippen molar-refractivity contribution in [2.75, 3.05) is 12.3 Å². The average molecular weight is 295 g/mol. The van der Waals surface area contributed by atoms with Crippen LogP contribution in [0.15, 0.2) is 29.3 Å². The van der Waals surface area contributed by atoms with E-state index in [1.54, 1.807) is 18.2 Å². The number of H-pyrrole nitrogens is 1. The zero-order valence-electron chi connectivity index (χ0n) is 8.96. The van der Waals surface area contributed by atoms with E-state index in [1.165, 1.54) is 0 Å². The number of nitrogen functional groups attached to an aromatic ring is 1. The number of amides is 1. The molecule has 6 heteroatoms. The molecule has 0 fully saturated rings. The number of nitrogens with two attached hydrogens (primary N) is 1. The fourth-order valence-corrected chi connectivity index (χ4v) is 1.60. The lowest BCUT2D eigenvalue weighted by Gasteiger charge is -2.01. The molecule has 0 radical (unpaired) electrons. The highest BCUT2D eigenvalue weighted by Crippen LogP contribution is 2.18. The fraction of sp³-hybridized carbons (Fsp3) is 0.0909. The van der Waals surface area contributed by atoms with Crippen LogP contribution in [0.2, 0.25) is 0 Å². The van der Waals surface area contributed by atoms with Crippen molar-refractivity contribution in [2.24, 2.45) is 0 Å². The Balaban J connectivity index is 2.32. The normalized spacial score (nSPS) is 10.4. The molecule has 88 valence electrons. The van der Waals surface area contributed by atoms with Crippen molar-refractivity contribution in [3.05, 3.63) is 35.0 Å². The Bertz CT molecular complexity index is 590. The van der Waals surface area contributed by atoms with Crippen LogP contribution in [-0.2, 0) is 0 Å². The first-order valence-electron chi connectivity index (χ1n) is 4.93. The first kappa shape index (κ1) is 11.7. The van der Waals surface area contributed by atoms with E-state index in [2.05, 4.69) is 38.0 Å². The standard InChI is InChI=1S/C11H11BrN4O/c1-6(12)5-14-11(17)10-8-4-7(13)2-3-9(8)15-16-10/h2-4H,1,5,13H2,(H,14,17)(H,15,16). The van der Waals surface area contributed by atoms with Gasteiger partial charge in [-0.05, 0) is 18.2 Å². The summed E-state index contributed by atoms with van der Waals surface area (Å²) in [5, 5.41) is 10.2. The van der Waals surface area contributed by atoms with E-state index >= 15 is 0 Å². The molecule has 17 heavy (non-hydrogen) atoms. The number of hydrogen-bond acceptors (Lipinski definition) is 3. The Morgan fingerprint density at radius 3 is 3.06 bits per heavy atom. The van der Waals surface area contributed by atoms with Gasteiger partial charge in [0, 0.05) is 22.1 Å². The van der Waals surface area contributed by atoms with Crippen molar-refractivity contribution in [3.8, 4) is 0 Å². The van der Waals surface area contributed by atoms with Crippen LogP contribution >= 0.6 is 15.9 Å². The van der Waals surface area contributed by atoms with Gasteiger partial charge in [0.2, 0.25) is 0 Å². The van der Waals surface area contributed by atoms with Gasteiger partial charge in [-0.25, -0.2) is 0 Å². The van der Waals surface area contributed by atoms with E-state index in [0.29, 0.717) is 27.8 Å². The van der Waals surface area contributed by atoms with Crippen molar-refractivity contribution in [3.63, 3.8) is 0 Å². The quantitative estimate of drug-likeness (QED) is 0.755. The first-order valence-corrected chi connectivity index (χ1v) is 5.72. The second kappa shape index (κ2) is 4.58. The van der Waals surface area contributed by atoms with Gasteiger partial charge < -0.3 is 11.1 Å². The maximum Gasteiger partial charge on any atom is 0.272 e. The number of halogens is 1. The molecule has 0 spiro atoms. The molecule has 1 aromatic carbocycles. The van der Waals surface area contributed by atoms with Crippen LogP contribution in [0.3, 0.4) is 0 Å². The number of nitrogens with one attached hydrogen (secondary N) is 2. The number of carbonyl (C=O) groups is 1. The van der Waals surface area contributed by atoms with E-state index in [1.807, 2.05) is 0 Å². The number of aromatic amines is 1. The maximum absolute atomic E-state index is 11.8.